The maximum absolute atomic E-state index is 11.6. The first kappa shape index (κ1) is 14.2. The summed E-state index contributed by atoms with van der Waals surface area (Å²) in [5, 5.41) is 2.93. The molecule has 4 heteroatoms. The number of piperazine rings is 1. The lowest BCUT2D eigenvalue weighted by molar-refractivity contribution is -0.123. The lowest BCUT2D eigenvalue weighted by Gasteiger charge is -2.34. The molecule has 0 atom stereocenters. The maximum atomic E-state index is 11.6. The van der Waals surface area contributed by atoms with E-state index in [9.17, 15) is 4.79 Å². The normalized spacial score (nSPS) is 18.4. The van der Waals surface area contributed by atoms with Gasteiger partial charge in [0.1, 0.15) is 0 Å². The molecule has 0 spiro atoms. The fraction of sp³-hybridized carbons (Fsp3) is 0.769. The lowest BCUT2D eigenvalue weighted by atomic mass is 10.2. The van der Waals surface area contributed by atoms with Gasteiger partial charge in [0.05, 0.1) is 6.54 Å². The number of rotatable bonds is 5. The van der Waals surface area contributed by atoms with Gasteiger partial charge in [-0.15, -0.1) is 0 Å². The molecule has 0 bridgehead atoms. The van der Waals surface area contributed by atoms with Crippen LogP contribution in [0.4, 0.5) is 0 Å². The van der Waals surface area contributed by atoms with Gasteiger partial charge in [0.15, 0.2) is 0 Å². The summed E-state index contributed by atoms with van der Waals surface area (Å²) in [6, 6.07) is 0.229. The summed E-state index contributed by atoms with van der Waals surface area (Å²) < 4.78 is 0. The number of carbonyl (C=O) groups is 1. The van der Waals surface area contributed by atoms with E-state index in [1.54, 1.807) is 0 Å². The van der Waals surface area contributed by atoms with Gasteiger partial charge in [-0.05, 0) is 20.8 Å². The van der Waals surface area contributed by atoms with E-state index in [2.05, 4.69) is 28.6 Å². The second kappa shape index (κ2) is 6.77. The van der Waals surface area contributed by atoms with E-state index in [0.717, 1.165) is 32.7 Å². The van der Waals surface area contributed by atoms with E-state index in [-0.39, 0.29) is 11.9 Å². The third-order valence-corrected chi connectivity index (χ3v) is 2.78. The molecule has 0 aromatic carbocycles. The van der Waals surface area contributed by atoms with Gasteiger partial charge in [-0.2, -0.15) is 0 Å². The van der Waals surface area contributed by atoms with Crippen molar-refractivity contribution in [1.82, 2.24) is 15.1 Å². The third-order valence-electron chi connectivity index (χ3n) is 2.78. The number of hydrogen-bond donors (Lipinski definition) is 1. The first-order valence-corrected chi connectivity index (χ1v) is 6.36. The summed E-state index contributed by atoms with van der Waals surface area (Å²) in [5.74, 6) is 0.133. The largest absolute Gasteiger partial charge is 0.353 e. The monoisotopic (exact) mass is 239 g/mol. The van der Waals surface area contributed by atoms with Gasteiger partial charge < -0.3 is 5.32 Å². The molecule has 4 nitrogen and oxygen atoms in total. The first-order chi connectivity index (χ1) is 7.97. The van der Waals surface area contributed by atoms with Gasteiger partial charge in [-0.1, -0.05) is 12.2 Å². The molecule has 0 saturated carbocycles. The van der Waals surface area contributed by atoms with Gasteiger partial charge in [0, 0.05) is 38.8 Å². The molecular weight excluding hydrogens is 214 g/mol. The van der Waals surface area contributed by atoms with Crippen LogP contribution in [0.25, 0.3) is 0 Å². The molecule has 0 aromatic rings. The van der Waals surface area contributed by atoms with Crippen LogP contribution in [0.1, 0.15) is 20.8 Å². The van der Waals surface area contributed by atoms with E-state index in [1.807, 2.05) is 13.8 Å². The van der Waals surface area contributed by atoms with Crippen LogP contribution < -0.4 is 5.32 Å². The highest BCUT2D eigenvalue weighted by atomic mass is 16.2. The Labute approximate surface area is 105 Å². The van der Waals surface area contributed by atoms with Gasteiger partial charge >= 0.3 is 0 Å². The summed E-state index contributed by atoms with van der Waals surface area (Å²) in [7, 11) is 0. The molecule has 1 rings (SSSR count). The van der Waals surface area contributed by atoms with Crippen molar-refractivity contribution in [3.8, 4) is 0 Å². The molecule has 1 fully saturated rings. The van der Waals surface area contributed by atoms with Crippen LogP contribution in [0.5, 0.6) is 0 Å². The van der Waals surface area contributed by atoms with Crippen LogP contribution in [-0.2, 0) is 4.79 Å². The summed E-state index contributed by atoms with van der Waals surface area (Å²) in [6.45, 7) is 15.5. The minimum Gasteiger partial charge on any atom is -0.353 e. The van der Waals surface area contributed by atoms with Crippen LogP contribution in [0, 0.1) is 0 Å². The molecule has 1 aliphatic heterocycles. The van der Waals surface area contributed by atoms with Crippen molar-refractivity contribution in [2.75, 3.05) is 39.3 Å². The molecule has 1 aliphatic rings. The van der Waals surface area contributed by atoms with Crippen molar-refractivity contribution in [1.29, 1.82) is 0 Å². The number of carbonyl (C=O) groups excluding carboxylic acids is 1. The van der Waals surface area contributed by atoms with Gasteiger partial charge in [-0.25, -0.2) is 0 Å². The van der Waals surface area contributed by atoms with Crippen LogP contribution in [-0.4, -0.2) is 61.0 Å². The Kier molecular flexibility index (Phi) is 5.65. The fourth-order valence-corrected chi connectivity index (χ4v) is 2.06. The number of amides is 1. The molecule has 1 N–H and O–H groups in total. The highest BCUT2D eigenvalue weighted by Crippen LogP contribution is 2.03. The van der Waals surface area contributed by atoms with Crippen LogP contribution in [0.2, 0.25) is 0 Å². The Hall–Kier alpha value is -0.870. The molecule has 1 amide bonds. The van der Waals surface area contributed by atoms with Gasteiger partial charge in [0.2, 0.25) is 5.91 Å². The molecule has 1 heterocycles. The third kappa shape index (κ3) is 5.84. The molecule has 0 aromatic heterocycles. The van der Waals surface area contributed by atoms with Crippen molar-refractivity contribution >= 4 is 5.91 Å². The maximum Gasteiger partial charge on any atom is 0.234 e. The summed E-state index contributed by atoms with van der Waals surface area (Å²) in [6.07, 6.45) is 0. The Balaban J connectivity index is 2.23. The van der Waals surface area contributed by atoms with Crippen molar-refractivity contribution < 1.29 is 4.79 Å². The molecular formula is C13H25N3O. The van der Waals surface area contributed by atoms with E-state index in [0.29, 0.717) is 6.54 Å². The Morgan fingerprint density at radius 2 is 1.65 bits per heavy atom. The molecule has 1 saturated heterocycles. The number of hydrogen-bond acceptors (Lipinski definition) is 3. The van der Waals surface area contributed by atoms with Gasteiger partial charge in [0.25, 0.3) is 0 Å². The van der Waals surface area contributed by atoms with Crippen LogP contribution in [0.15, 0.2) is 12.2 Å². The van der Waals surface area contributed by atoms with Crippen molar-refractivity contribution in [3.63, 3.8) is 0 Å². The van der Waals surface area contributed by atoms with Crippen molar-refractivity contribution in [3.05, 3.63) is 12.2 Å². The zero-order valence-corrected chi connectivity index (χ0v) is 11.3. The van der Waals surface area contributed by atoms with E-state index >= 15 is 0 Å². The fourth-order valence-electron chi connectivity index (χ4n) is 2.06. The second-order valence-corrected chi connectivity index (χ2v) is 5.23. The SMILES string of the molecule is C=C(C)CN1CCN(CC(=O)NC(C)C)CC1. The zero-order valence-electron chi connectivity index (χ0n) is 11.3. The standard InChI is InChI=1S/C13H25N3O/c1-11(2)9-15-5-7-16(8-6-15)10-13(17)14-12(3)4/h12H,1,5-10H2,2-4H3,(H,14,17). The van der Waals surface area contributed by atoms with Crippen LogP contribution >= 0.6 is 0 Å². The molecule has 0 radical (unpaired) electrons. The molecule has 98 valence electrons. The highest BCUT2D eigenvalue weighted by molar-refractivity contribution is 5.78. The van der Waals surface area contributed by atoms with Gasteiger partial charge in [-0.3, -0.25) is 14.6 Å². The predicted octanol–water partition coefficient (Wildman–Crippen LogP) is 0.705. The summed E-state index contributed by atoms with van der Waals surface area (Å²) in [4.78, 5) is 16.2. The van der Waals surface area contributed by atoms with Crippen molar-refractivity contribution in [2.45, 2.75) is 26.8 Å². The molecule has 0 unspecified atom stereocenters. The zero-order chi connectivity index (χ0) is 12.8. The van der Waals surface area contributed by atoms with E-state index in [1.165, 1.54) is 5.57 Å². The number of nitrogens with zero attached hydrogens (tertiary/aromatic N) is 2. The topological polar surface area (TPSA) is 35.6 Å². The van der Waals surface area contributed by atoms with E-state index in [4.69, 9.17) is 0 Å². The van der Waals surface area contributed by atoms with E-state index < -0.39 is 0 Å². The Bertz CT molecular complexity index is 268. The Morgan fingerprint density at radius 1 is 1.18 bits per heavy atom. The summed E-state index contributed by atoms with van der Waals surface area (Å²) in [5.41, 5.74) is 1.20. The first-order valence-electron chi connectivity index (χ1n) is 6.36. The minimum absolute atomic E-state index is 0.133. The highest BCUT2D eigenvalue weighted by Gasteiger charge is 2.18. The number of nitrogens with one attached hydrogen (secondary N) is 1. The minimum atomic E-state index is 0.133. The van der Waals surface area contributed by atoms with Crippen LogP contribution in [0.3, 0.4) is 0 Å². The quantitative estimate of drug-likeness (QED) is 0.718. The second-order valence-electron chi connectivity index (χ2n) is 5.23. The molecule has 0 aliphatic carbocycles. The average molecular weight is 239 g/mol. The lowest BCUT2D eigenvalue weighted by Crippen LogP contribution is -2.50. The smallest absolute Gasteiger partial charge is 0.234 e. The summed E-state index contributed by atoms with van der Waals surface area (Å²) >= 11 is 0. The average Bonchev–Trinajstić information content (AvgIpc) is 2.18. The predicted molar refractivity (Wildman–Crippen MR) is 71.0 cm³/mol. The Morgan fingerprint density at radius 3 is 2.06 bits per heavy atom. The molecule has 17 heavy (non-hydrogen) atoms. The van der Waals surface area contributed by atoms with Crippen molar-refractivity contribution in [2.24, 2.45) is 0 Å².